The van der Waals surface area contributed by atoms with Crippen LogP contribution >= 0.6 is 31.9 Å². The first-order valence-electron chi connectivity index (χ1n) is 6.97. The van der Waals surface area contributed by atoms with Gasteiger partial charge in [0.1, 0.15) is 0 Å². The van der Waals surface area contributed by atoms with Crippen molar-refractivity contribution in [3.63, 3.8) is 0 Å². The lowest BCUT2D eigenvalue weighted by molar-refractivity contribution is 0.682. The van der Waals surface area contributed by atoms with Gasteiger partial charge in [-0.3, -0.25) is 0 Å². The molecule has 20 heavy (non-hydrogen) atoms. The Kier molecular flexibility index (Phi) is 4.29. The summed E-state index contributed by atoms with van der Waals surface area (Å²) < 4.78 is 2.10. The maximum atomic E-state index is 6.45. The number of halogens is 2. The summed E-state index contributed by atoms with van der Waals surface area (Å²) in [7, 11) is 0. The van der Waals surface area contributed by atoms with E-state index in [2.05, 4.69) is 62.2 Å². The molecule has 2 aromatic rings. The molecular weight excluding hydrogens is 378 g/mol. The molecule has 0 aliphatic heterocycles. The van der Waals surface area contributed by atoms with Gasteiger partial charge in [0.2, 0.25) is 0 Å². The van der Waals surface area contributed by atoms with Crippen molar-refractivity contribution in [3.8, 4) is 0 Å². The van der Waals surface area contributed by atoms with Gasteiger partial charge in [0.25, 0.3) is 0 Å². The summed E-state index contributed by atoms with van der Waals surface area (Å²) in [6.07, 6.45) is 5.02. The molecule has 1 atom stereocenters. The molecular formula is C17H17Br2N. The maximum absolute atomic E-state index is 6.45. The van der Waals surface area contributed by atoms with Crippen molar-refractivity contribution in [3.05, 3.63) is 67.6 Å². The quantitative estimate of drug-likeness (QED) is 0.749. The van der Waals surface area contributed by atoms with Gasteiger partial charge in [-0.25, -0.2) is 0 Å². The van der Waals surface area contributed by atoms with E-state index in [1.807, 2.05) is 6.07 Å². The van der Waals surface area contributed by atoms with E-state index < -0.39 is 0 Å². The van der Waals surface area contributed by atoms with E-state index in [1.165, 1.54) is 42.4 Å². The Balaban J connectivity index is 1.95. The molecule has 0 heterocycles. The molecule has 104 valence electrons. The van der Waals surface area contributed by atoms with Gasteiger partial charge >= 0.3 is 0 Å². The minimum atomic E-state index is -0.0731. The second kappa shape index (κ2) is 6.00. The van der Waals surface area contributed by atoms with Gasteiger partial charge in [-0.1, -0.05) is 50.1 Å². The van der Waals surface area contributed by atoms with Gasteiger partial charge in [0.15, 0.2) is 0 Å². The molecule has 2 N–H and O–H groups in total. The fourth-order valence-electron chi connectivity index (χ4n) is 2.89. The minimum Gasteiger partial charge on any atom is -0.320 e. The Morgan fingerprint density at radius 1 is 0.800 bits per heavy atom. The molecule has 0 bridgehead atoms. The highest BCUT2D eigenvalue weighted by Gasteiger charge is 2.14. The molecule has 2 aromatic carbocycles. The van der Waals surface area contributed by atoms with Gasteiger partial charge in [-0.2, -0.15) is 0 Å². The lowest BCUT2D eigenvalue weighted by atomic mass is 9.88. The van der Waals surface area contributed by atoms with Crippen molar-refractivity contribution in [1.29, 1.82) is 0 Å². The first kappa shape index (κ1) is 14.3. The molecule has 1 unspecified atom stereocenters. The number of aryl methyl sites for hydroxylation is 2. The third-order valence-electron chi connectivity index (χ3n) is 3.98. The van der Waals surface area contributed by atoms with Gasteiger partial charge in [-0.05, 0) is 66.1 Å². The number of rotatable bonds is 2. The second-order valence-corrected chi connectivity index (χ2v) is 7.25. The molecule has 0 amide bonds. The van der Waals surface area contributed by atoms with Crippen LogP contribution in [0, 0.1) is 0 Å². The highest BCUT2D eigenvalue weighted by Crippen LogP contribution is 2.29. The fourth-order valence-corrected chi connectivity index (χ4v) is 4.22. The van der Waals surface area contributed by atoms with Crippen LogP contribution in [0.5, 0.6) is 0 Å². The van der Waals surface area contributed by atoms with E-state index >= 15 is 0 Å². The molecule has 0 spiro atoms. The fraction of sp³-hybridized carbons (Fsp3) is 0.294. The third kappa shape index (κ3) is 3.00. The van der Waals surface area contributed by atoms with Crippen molar-refractivity contribution < 1.29 is 0 Å². The normalized spacial score (nSPS) is 15.8. The Bertz CT molecular complexity index is 617. The number of benzene rings is 2. The molecule has 1 nitrogen and oxygen atoms in total. The van der Waals surface area contributed by atoms with E-state index in [4.69, 9.17) is 5.73 Å². The summed E-state index contributed by atoms with van der Waals surface area (Å²) in [5.74, 6) is 0. The predicted molar refractivity (Wildman–Crippen MR) is 91.0 cm³/mol. The number of nitrogens with two attached hydrogens (primary N) is 1. The Morgan fingerprint density at radius 2 is 1.45 bits per heavy atom. The third-order valence-corrected chi connectivity index (χ3v) is 4.89. The van der Waals surface area contributed by atoms with Crippen LogP contribution in [0.2, 0.25) is 0 Å². The van der Waals surface area contributed by atoms with Gasteiger partial charge in [0, 0.05) is 8.95 Å². The Labute approximate surface area is 136 Å². The second-order valence-electron chi connectivity index (χ2n) is 5.42. The first-order valence-corrected chi connectivity index (χ1v) is 8.55. The zero-order valence-electron chi connectivity index (χ0n) is 11.2. The molecule has 0 fully saturated rings. The Hall–Kier alpha value is -0.640. The summed E-state index contributed by atoms with van der Waals surface area (Å²) in [4.78, 5) is 0. The van der Waals surface area contributed by atoms with Crippen LogP contribution in [0.1, 0.15) is 41.1 Å². The van der Waals surface area contributed by atoms with Gasteiger partial charge in [0.05, 0.1) is 6.04 Å². The summed E-state index contributed by atoms with van der Waals surface area (Å²) in [6, 6.07) is 12.9. The molecule has 1 aliphatic rings. The topological polar surface area (TPSA) is 26.0 Å². The lowest BCUT2D eigenvalue weighted by Crippen LogP contribution is -2.13. The molecule has 3 rings (SSSR count). The van der Waals surface area contributed by atoms with Crippen molar-refractivity contribution in [2.45, 2.75) is 31.7 Å². The summed E-state index contributed by atoms with van der Waals surface area (Å²) in [5.41, 5.74) is 11.8. The van der Waals surface area contributed by atoms with Crippen LogP contribution in [0.4, 0.5) is 0 Å². The van der Waals surface area contributed by atoms with Crippen LogP contribution in [0.25, 0.3) is 0 Å². The van der Waals surface area contributed by atoms with Crippen LogP contribution in [-0.4, -0.2) is 0 Å². The molecule has 0 radical (unpaired) electrons. The standard InChI is InChI=1S/C17H17Br2N/c18-15-8-14(9-16(19)10-15)17(20)13-6-5-11-3-1-2-4-12(11)7-13/h5-10,17H,1-4,20H2. The highest BCUT2D eigenvalue weighted by molar-refractivity contribution is 9.11. The number of hydrogen-bond acceptors (Lipinski definition) is 1. The van der Waals surface area contributed by atoms with Crippen LogP contribution in [-0.2, 0) is 12.8 Å². The van der Waals surface area contributed by atoms with E-state index in [0.717, 1.165) is 14.5 Å². The maximum Gasteiger partial charge on any atom is 0.0552 e. The zero-order valence-corrected chi connectivity index (χ0v) is 14.4. The summed E-state index contributed by atoms with van der Waals surface area (Å²) in [6.45, 7) is 0. The van der Waals surface area contributed by atoms with E-state index in [-0.39, 0.29) is 6.04 Å². The van der Waals surface area contributed by atoms with E-state index in [9.17, 15) is 0 Å². The van der Waals surface area contributed by atoms with Gasteiger partial charge < -0.3 is 5.73 Å². The van der Waals surface area contributed by atoms with Crippen molar-refractivity contribution in [2.75, 3.05) is 0 Å². The van der Waals surface area contributed by atoms with E-state index in [0.29, 0.717) is 0 Å². The molecule has 1 aliphatic carbocycles. The van der Waals surface area contributed by atoms with Crippen molar-refractivity contribution in [2.24, 2.45) is 5.73 Å². The van der Waals surface area contributed by atoms with Gasteiger partial charge in [-0.15, -0.1) is 0 Å². The largest absolute Gasteiger partial charge is 0.320 e. The average Bonchev–Trinajstić information content (AvgIpc) is 2.45. The summed E-state index contributed by atoms with van der Waals surface area (Å²) >= 11 is 7.06. The summed E-state index contributed by atoms with van der Waals surface area (Å²) in [5, 5.41) is 0. The SMILES string of the molecule is NC(c1cc(Br)cc(Br)c1)c1ccc2c(c1)CCCC2. The van der Waals surface area contributed by atoms with E-state index in [1.54, 1.807) is 0 Å². The van der Waals surface area contributed by atoms with Crippen molar-refractivity contribution >= 4 is 31.9 Å². The Morgan fingerprint density at radius 3 is 2.15 bits per heavy atom. The molecule has 0 saturated heterocycles. The monoisotopic (exact) mass is 393 g/mol. The first-order chi connectivity index (χ1) is 9.63. The molecule has 3 heteroatoms. The number of fused-ring (bicyclic) bond motifs is 1. The van der Waals surface area contributed by atoms with Crippen LogP contribution in [0.15, 0.2) is 45.3 Å². The predicted octanol–water partition coefficient (Wildman–Crippen LogP) is 5.14. The number of hydrogen-bond donors (Lipinski definition) is 1. The van der Waals surface area contributed by atoms with Crippen LogP contribution < -0.4 is 5.73 Å². The molecule has 0 aromatic heterocycles. The smallest absolute Gasteiger partial charge is 0.0552 e. The molecule has 0 saturated carbocycles. The minimum absolute atomic E-state index is 0.0731. The van der Waals surface area contributed by atoms with Crippen LogP contribution in [0.3, 0.4) is 0 Å². The highest BCUT2D eigenvalue weighted by atomic mass is 79.9. The lowest BCUT2D eigenvalue weighted by Gasteiger charge is -2.19. The van der Waals surface area contributed by atoms with Crippen molar-refractivity contribution in [1.82, 2.24) is 0 Å². The zero-order chi connectivity index (χ0) is 14.1. The average molecular weight is 395 g/mol.